The molecule has 1 aliphatic carbocycles. The Hall–Kier alpha value is -1.44. The molecule has 6 nitrogen and oxygen atoms in total. The number of hydrogen-bond donors (Lipinski definition) is 1. The molecule has 0 spiro atoms. The highest BCUT2D eigenvalue weighted by Crippen LogP contribution is 2.32. The molecule has 1 saturated carbocycles. The first kappa shape index (κ1) is 24.2. The SMILES string of the molecule is CC(=O)N1CCC[C@H](NS(=O)(=O)Cc2ccccc2)[C@@H]1CO[C@H]1CC[C@@H](C(C)C)CC1. The summed E-state index contributed by atoms with van der Waals surface area (Å²) in [5.41, 5.74) is 0.754. The minimum absolute atomic E-state index is 0.0240. The second kappa shape index (κ2) is 10.9. The lowest BCUT2D eigenvalue weighted by Gasteiger charge is -2.42. The number of amides is 1. The zero-order chi connectivity index (χ0) is 22.4. The van der Waals surface area contributed by atoms with Gasteiger partial charge in [0.25, 0.3) is 0 Å². The molecule has 1 aromatic rings. The van der Waals surface area contributed by atoms with Gasteiger partial charge in [0.05, 0.1) is 24.5 Å². The molecule has 2 aliphatic rings. The number of hydrogen-bond acceptors (Lipinski definition) is 4. The molecule has 0 radical (unpaired) electrons. The van der Waals surface area contributed by atoms with Crippen molar-refractivity contribution in [2.45, 2.75) is 83.2 Å². The standard InChI is InChI=1S/C24H38N2O4S/c1-18(2)21-11-13-22(14-12-21)30-16-24-23(10-7-15-26(24)19(3)27)25-31(28,29)17-20-8-5-4-6-9-20/h4-6,8-9,18,21-25H,7,10-17H2,1-3H3/t21-,22+,23-,24-/m0/s1. The summed E-state index contributed by atoms with van der Waals surface area (Å²) < 4.78 is 34.8. The van der Waals surface area contributed by atoms with Gasteiger partial charge in [0.15, 0.2) is 0 Å². The monoisotopic (exact) mass is 450 g/mol. The number of nitrogens with one attached hydrogen (secondary N) is 1. The molecule has 7 heteroatoms. The third-order valence-electron chi connectivity index (χ3n) is 6.88. The van der Waals surface area contributed by atoms with E-state index in [0.717, 1.165) is 30.7 Å². The van der Waals surface area contributed by atoms with Gasteiger partial charge in [-0.1, -0.05) is 44.2 Å². The van der Waals surface area contributed by atoms with Gasteiger partial charge >= 0.3 is 0 Å². The second-order valence-electron chi connectivity index (χ2n) is 9.51. The summed E-state index contributed by atoms with van der Waals surface area (Å²) in [6.45, 7) is 7.16. The van der Waals surface area contributed by atoms with Crippen LogP contribution in [0.25, 0.3) is 0 Å². The van der Waals surface area contributed by atoms with Crippen LogP contribution in [0.5, 0.6) is 0 Å². The minimum Gasteiger partial charge on any atom is -0.376 e. The molecule has 1 saturated heterocycles. The largest absolute Gasteiger partial charge is 0.376 e. The van der Waals surface area contributed by atoms with E-state index in [2.05, 4.69) is 18.6 Å². The Morgan fingerprint density at radius 3 is 2.42 bits per heavy atom. The highest BCUT2D eigenvalue weighted by molar-refractivity contribution is 7.88. The van der Waals surface area contributed by atoms with E-state index in [-0.39, 0.29) is 29.8 Å². The van der Waals surface area contributed by atoms with E-state index < -0.39 is 10.0 Å². The Labute approximate surface area is 187 Å². The molecular formula is C24H38N2O4S. The fraction of sp³-hybridized carbons (Fsp3) is 0.708. The number of benzene rings is 1. The normalized spacial score (nSPS) is 27.4. The van der Waals surface area contributed by atoms with Gasteiger partial charge in [0.1, 0.15) is 0 Å². The quantitative estimate of drug-likeness (QED) is 0.655. The Bertz CT molecular complexity index is 804. The molecule has 1 aromatic carbocycles. The molecule has 1 heterocycles. The minimum atomic E-state index is -3.52. The number of piperidine rings is 1. The van der Waals surface area contributed by atoms with Gasteiger partial charge in [-0.15, -0.1) is 0 Å². The number of ether oxygens (including phenoxy) is 1. The van der Waals surface area contributed by atoms with Crippen molar-refractivity contribution in [3.63, 3.8) is 0 Å². The van der Waals surface area contributed by atoms with Gasteiger partial charge in [0.2, 0.25) is 15.9 Å². The highest BCUT2D eigenvalue weighted by atomic mass is 32.2. The zero-order valence-electron chi connectivity index (χ0n) is 19.1. The smallest absolute Gasteiger partial charge is 0.219 e. The van der Waals surface area contributed by atoms with Gasteiger partial charge in [-0.3, -0.25) is 4.79 Å². The van der Waals surface area contributed by atoms with E-state index in [0.29, 0.717) is 25.5 Å². The Balaban J connectivity index is 1.63. The summed E-state index contributed by atoms with van der Waals surface area (Å²) in [5, 5.41) is 0. The molecule has 2 atom stereocenters. The second-order valence-corrected chi connectivity index (χ2v) is 11.3. The van der Waals surface area contributed by atoms with Gasteiger partial charge in [-0.05, 0) is 55.9 Å². The van der Waals surface area contributed by atoms with Crippen LogP contribution >= 0.6 is 0 Å². The van der Waals surface area contributed by atoms with Crippen LogP contribution in [0.3, 0.4) is 0 Å². The van der Waals surface area contributed by atoms with Crippen LogP contribution in [-0.2, 0) is 25.3 Å². The van der Waals surface area contributed by atoms with Crippen molar-refractivity contribution < 1.29 is 17.9 Å². The summed E-state index contributed by atoms with van der Waals surface area (Å²) >= 11 is 0. The van der Waals surface area contributed by atoms with E-state index in [1.807, 2.05) is 30.3 Å². The van der Waals surface area contributed by atoms with Gasteiger partial charge in [0, 0.05) is 19.5 Å². The van der Waals surface area contributed by atoms with Crippen molar-refractivity contribution in [1.29, 1.82) is 0 Å². The van der Waals surface area contributed by atoms with Crippen molar-refractivity contribution in [3.05, 3.63) is 35.9 Å². The molecule has 1 amide bonds. The van der Waals surface area contributed by atoms with Crippen LogP contribution in [0.1, 0.15) is 64.9 Å². The number of likely N-dealkylation sites (tertiary alicyclic amines) is 1. The first-order chi connectivity index (χ1) is 14.7. The molecule has 1 aliphatic heterocycles. The van der Waals surface area contributed by atoms with Crippen LogP contribution in [0.4, 0.5) is 0 Å². The first-order valence-corrected chi connectivity index (χ1v) is 13.3. The Morgan fingerprint density at radius 1 is 1.13 bits per heavy atom. The van der Waals surface area contributed by atoms with E-state index >= 15 is 0 Å². The van der Waals surface area contributed by atoms with E-state index in [1.165, 1.54) is 12.8 Å². The molecular weight excluding hydrogens is 412 g/mol. The van der Waals surface area contributed by atoms with Crippen LogP contribution in [0.2, 0.25) is 0 Å². The van der Waals surface area contributed by atoms with E-state index in [9.17, 15) is 13.2 Å². The molecule has 0 bridgehead atoms. The lowest BCUT2D eigenvalue weighted by atomic mass is 9.80. The number of carbonyl (C=O) groups excluding carboxylic acids is 1. The lowest BCUT2D eigenvalue weighted by molar-refractivity contribution is -0.136. The number of rotatable bonds is 8. The van der Waals surface area contributed by atoms with Gasteiger partial charge < -0.3 is 9.64 Å². The summed E-state index contributed by atoms with van der Waals surface area (Å²) in [4.78, 5) is 14.1. The molecule has 3 rings (SSSR count). The lowest BCUT2D eigenvalue weighted by Crippen LogP contribution is -2.58. The molecule has 0 unspecified atom stereocenters. The van der Waals surface area contributed by atoms with Crippen LogP contribution in [-0.4, -0.2) is 50.6 Å². The van der Waals surface area contributed by atoms with Crippen LogP contribution < -0.4 is 4.72 Å². The average molecular weight is 451 g/mol. The topological polar surface area (TPSA) is 75.7 Å². The maximum Gasteiger partial charge on any atom is 0.219 e. The number of carbonyl (C=O) groups is 1. The van der Waals surface area contributed by atoms with Gasteiger partial charge in [-0.25, -0.2) is 13.1 Å². The maximum atomic E-state index is 12.8. The fourth-order valence-electron chi connectivity index (χ4n) is 5.01. The molecule has 2 fully saturated rings. The molecule has 31 heavy (non-hydrogen) atoms. The summed E-state index contributed by atoms with van der Waals surface area (Å²) in [6.07, 6.45) is 6.14. The highest BCUT2D eigenvalue weighted by Gasteiger charge is 2.36. The van der Waals surface area contributed by atoms with Crippen molar-refractivity contribution in [2.24, 2.45) is 11.8 Å². The average Bonchev–Trinajstić information content (AvgIpc) is 2.73. The predicted octanol–water partition coefficient (Wildman–Crippen LogP) is 3.72. The number of sulfonamides is 1. The van der Waals surface area contributed by atoms with E-state index in [4.69, 9.17) is 4.74 Å². The van der Waals surface area contributed by atoms with Crippen molar-refractivity contribution in [3.8, 4) is 0 Å². The third kappa shape index (κ3) is 7.02. The summed E-state index contributed by atoms with van der Waals surface area (Å²) in [7, 11) is -3.52. The predicted molar refractivity (Wildman–Crippen MR) is 123 cm³/mol. The zero-order valence-corrected chi connectivity index (χ0v) is 19.9. The van der Waals surface area contributed by atoms with Crippen molar-refractivity contribution >= 4 is 15.9 Å². The first-order valence-electron chi connectivity index (χ1n) is 11.7. The van der Waals surface area contributed by atoms with Gasteiger partial charge in [-0.2, -0.15) is 0 Å². The molecule has 1 N–H and O–H groups in total. The van der Waals surface area contributed by atoms with Crippen molar-refractivity contribution in [1.82, 2.24) is 9.62 Å². The molecule has 174 valence electrons. The Kier molecular flexibility index (Phi) is 8.53. The summed E-state index contributed by atoms with van der Waals surface area (Å²) in [5.74, 6) is 1.39. The third-order valence-corrected chi connectivity index (χ3v) is 8.25. The molecule has 0 aromatic heterocycles. The maximum absolute atomic E-state index is 12.8. The van der Waals surface area contributed by atoms with Crippen molar-refractivity contribution in [2.75, 3.05) is 13.2 Å². The summed E-state index contributed by atoms with van der Waals surface area (Å²) in [6, 6.07) is 8.60. The number of nitrogens with zero attached hydrogens (tertiary/aromatic N) is 1. The Morgan fingerprint density at radius 2 is 1.81 bits per heavy atom. The fourth-order valence-corrected chi connectivity index (χ4v) is 6.46. The van der Waals surface area contributed by atoms with Crippen LogP contribution in [0, 0.1) is 11.8 Å². The van der Waals surface area contributed by atoms with E-state index in [1.54, 1.807) is 11.8 Å². The van der Waals surface area contributed by atoms with Crippen LogP contribution in [0.15, 0.2) is 30.3 Å².